The van der Waals surface area contributed by atoms with Gasteiger partial charge in [-0.05, 0) is 83.6 Å². The van der Waals surface area contributed by atoms with Gasteiger partial charge in [0.1, 0.15) is 10.4 Å². The third-order valence-electron chi connectivity index (χ3n) is 4.59. The summed E-state index contributed by atoms with van der Waals surface area (Å²) in [6.07, 6.45) is -0.858. The smallest absolute Gasteiger partial charge is 0.416 e. The third kappa shape index (κ3) is 6.93. The molecular weight excluding hydrogens is 429 g/mol. The Kier molecular flexibility index (Phi) is 7.43. The van der Waals surface area contributed by atoms with E-state index in [1.807, 2.05) is 30.9 Å². The van der Waals surface area contributed by atoms with Crippen molar-refractivity contribution >= 4 is 17.4 Å². The van der Waals surface area contributed by atoms with Crippen LogP contribution >= 0.6 is 11.5 Å². The van der Waals surface area contributed by atoms with Gasteiger partial charge in [-0.15, -0.1) is 0 Å². The zero-order valence-electron chi connectivity index (χ0n) is 18.6. The van der Waals surface area contributed by atoms with Crippen LogP contribution in [0.15, 0.2) is 29.4 Å². The Morgan fingerprint density at radius 1 is 1.19 bits per heavy atom. The molecule has 0 aliphatic carbocycles. The van der Waals surface area contributed by atoms with E-state index in [2.05, 4.69) is 4.99 Å². The molecule has 9 heteroatoms. The van der Waals surface area contributed by atoms with Gasteiger partial charge in [0.05, 0.1) is 23.8 Å². The van der Waals surface area contributed by atoms with Gasteiger partial charge in [-0.1, -0.05) is 0 Å². The van der Waals surface area contributed by atoms with E-state index in [0.29, 0.717) is 23.9 Å². The third-order valence-corrected chi connectivity index (χ3v) is 5.97. The van der Waals surface area contributed by atoms with Gasteiger partial charge in [0.2, 0.25) is 0 Å². The fourth-order valence-corrected chi connectivity index (χ4v) is 3.92. The van der Waals surface area contributed by atoms with E-state index in [1.54, 1.807) is 13.8 Å². The first-order valence-corrected chi connectivity index (χ1v) is 10.7. The lowest BCUT2D eigenvalue weighted by molar-refractivity contribution is -0.137. The van der Waals surface area contributed by atoms with Crippen molar-refractivity contribution in [2.24, 2.45) is 4.99 Å². The average molecular weight is 459 g/mol. The predicted molar refractivity (Wildman–Crippen MR) is 114 cm³/mol. The van der Waals surface area contributed by atoms with Crippen molar-refractivity contribution in [3.05, 3.63) is 45.8 Å². The molecule has 0 aliphatic rings. The summed E-state index contributed by atoms with van der Waals surface area (Å²) in [5.41, 5.74) is -1.43. The number of aliphatic hydroxyl groups is 1. The number of carbonyl (C=O) groups is 1. The van der Waals surface area contributed by atoms with E-state index < -0.39 is 23.2 Å². The van der Waals surface area contributed by atoms with Crippen LogP contribution in [0.5, 0.6) is 5.75 Å². The first-order chi connectivity index (χ1) is 14.1. The van der Waals surface area contributed by atoms with Crippen molar-refractivity contribution in [1.82, 2.24) is 3.96 Å². The lowest BCUT2D eigenvalue weighted by Crippen LogP contribution is -2.19. The van der Waals surface area contributed by atoms with E-state index in [-0.39, 0.29) is 16.9 Å². The first-order valence-electron chi connectivity index (χ1n) is 9.91. The second-order valence-electron chi connectivity index (χ2n) is 9.04. The number of nitrogens with zero attached hydrogens (tertiary/aromatic N) is 2. The van der Waals surface area contributed by atoms with Crippen molar-refractivity contribution < 1.29 is 27.8 Å². The van der Waals surface area contributed by atoms with Crippen LogP contribution in [0.4, 0.5) is 13.2 Å². The normalized spacial score (nSPS) is 13.5. The van der Waals surface area contributed by atoms with Crippen molar-refractivity contribution in [2.45, 2.75) is 71.2 Å². The minimum absolute atomic E-state index is 0.0329. The molecular formula is C22H29F3N2O3S. The summed E-state index contributed by atoms with van der Waals surface area (Å²) in [7, 11) is 1.29. The van der Waals surface area contributed by atoms with E-state index in [1.165, 1.54) is 18.6 Å². The largest absolute Gasteiger partial charge is 0.496 e. The number of carbonyl (C=O) groups excluding carboxylic acids is 1. The van der Waals surface area contributed by atoms with Gasteiger partial charge in [0.15, 0.2) is 0 Å². The number of amides is 1. The van der Waals surface area contributed by atoms with Gasteiger partial charge >= 0.3 is 6.18 Å². The lowest BCUT2D eigenvalue weighted by Gasteiger charge is -2.19. The molecule has 1 aromatic heterocycles. The maximum absolute atomic E-state index is 13.1. The number of aryl methyl sites for hydroxylation is 1. The van der Waals surface area contributed by atoms with Crippen LogP contribution in [0.2, 0.25) is 0 Å². The highest BCUT2D eigenvalue weighted by atomic mass is 32.1. The molecule has 1 N–H and O–H groups in total. The van der Waals surface area contributed by atoms with Crippen molar-refractivity contribution in [1.29, 1.82) is 0 Å². The molecule has 0 atom stereocenters. The van der Waals surface area contributed by atoms with Gasteiger partial charge in [-0.3, -0.25) is 8.75 Å². The van der Waals surface area contributed by atoms with E-state index >= 15 is 0 Å². The average Bonchev–Trinajstić information content (AvgIpc) is 3.02. The predicted octanol–water partition coefficient (Wildman–Crippen LogP) is 5.17. The van der Waals surface area contributed by atoms with Crippen LogP contribution < -0.4 is 9.41 Å². The fraction of sp³-hybridized carbons (Fsp3) is 0.545. The summed E-state index contributed by atoms with van der Waals surface area (Å²) in [5, 5.41) is 9.96. The molecule has 1 heterocycles. The molecule has 0 saturated carbocycles. The molecule has 0 radical (unpaired) electrons. The number of benzene rings is 1. The van der Waals surface area contributed by atoms with E-state index in [9.17, 15) is 23.1 Å². The Hall–Kier alpha value is -2.13. The number of methoxy groups -OCH3 is 1. The molecule has 0 aliphatic heterocycles. The Morgan fingerprint density at radius 3 is 2.35 bits per heavy atom. The highest BCUT2D eigenvalue weighted by molar-refractivity contribution is 7.04. The molecule has 2 aromatic rings. The monoisotopic (exact) mass is 458 g/mol. The van der Waals surface area contributed by atoms with E-state index in [0.717, 1.165) is 23.8 Å². The summed E-state index contributed by atoms with van der Waals surface area (Å²) < 4.78 is 46.9. The summed E-state index contributed by atoms with van der Waals surface area (Å²) in [5.74, 6) is -0.764. The van der Waals surface area contributed by atoms with Gasteiger partial charge in [0.25, 0.3) is 5.91 Å². The zero-order valence-corrected chi connectivity index (χ0v) is 19.4. The molecule has 1 aromatic carbocycles. The summed E-state index contributed by atoms with van der Waals surface area (Å²) in [4.78, 5) is 17.0. The summed E-state index contributed by atoms with van der Waals surface area (Å²) in [6, 6.07) is 2.76. The van der Waals surface area contributed by atoms with Gasteiger partial charge in [0, 0.05) is 17.3 Å². The zero-order chi connectivity index (χ0) is 23.6. The van der Waals surface area contributed by atoms with Crippen LogP contribution in [-0.4, -0.2) is 27.7 Å². The highest BCUT2D eigenvalue weighted by Gasteiger charge is 2.32. The Balaban J connectivity index is 2.50. The molecule has 31 heavy (non-hydrogen) atoms. The molecule has 172 valence electrons. The number of ether oxygens (including phenoxy) is 1. The number of rotatable bonds is 6. The number of hydrogen-bond acceptors (Lipinski definition) is 4. The number of hydrogen-bond donors (Lipinski definition) is 1. The fourth-order valence-electron chi connectivity index (χ4n) is 2.88. The van der Waals surface area contributed by atoms with Crippen molar-refractivity contribution in [2.75, 3.05) is 7.11 Å². The first kappa shape index (κ1) is 25.1. The number of halogens is 3. The van der Waals surface area contributed by atoms with Crippen LogP contribution in [0.25, 0.3) is 0 Å². The van der Waals surface area contributed by atoms with Gasteiger partial charge < -0.3 is 9.84 Å². The maximum atomic E-state index is 13.1. The van der Waals surface area contributed by atoms with Crippen LogP contribution in [-0.2, 0) is 18.1 Å². The van der Waals surface area contributed by atoms with E-state index in [4.69, 9.17) is 4.74 Å². The quantitative estimate of drug-likeness (QED) is 0.650. The van der Waals surface area contributed by atoms with Crippen molar-refractivity contribution in [3.8, 4) is 5.75 Å². The van der Waals surface area contributed by atoms with Crippen molar-refractivity contribution in [3.63, 3.8) is 0 Å². The molecule has 0 bridgehead atoms. The van der Waals surface area contributed by atoms with Crippen LogP contribution in [0.1, 0.15) is 68.9 Å². The molecule has 0 saturated heterocycles. The summed E-state index contributed by atoms with van der Waals surface area (Å²) >= 11 is 1.27. The number of aromatic nitrogens is 1. The van der Waals surface area contributed by atoms with Crippen LogP contribution in [0, 0.1) is 0 Å². The molecule has 1 amide bonds. The second kappa shape index (κ2) is 9.16. The van der Waals surface area contributed by atoms with Gasteiger partial charge in [-0.2, -0.15) is 18.2 Å². The topological polar surface area (TPSA) is 63.8 Å². The lowest BCUT2D eigenvalue weighted by atomic mass is 10.00. The molecule has 5 nitrogen and oxygen atoms in total. The Bertz CT molecular complexity index is 993. The minimum Gasteiger partial charge on any atom is -0.496 e. The molecule has 2 rings (SSSR count). The van der Waals surface area contributed by atoms with Gasteiger partial charge in [-0.25, -0.2) is 0 Å². The SMILES string of the molecule is COc1ccc(C(F)(F)F)cc1C(=O)/N=c1\sn(C(C)(C)C)cc1CCCC(C)(C)O. The standard InChI is InChI=1S/C22H29F3N2O3S/c1-20(2,3)27-13-14(8-7-11-21(4,5)29)19(31-27)26-18(28)16-12-15(22(23,24)25)9-10-17(16)30-6/h9-10,12-13,29H,7-8,11H2,1-6H3/b26-19-. The van der Waals surface area contributed by atoms with Crippen LogP contribution in [0.3, 0.4) is 0 Å². The molecule has 0 unspecified atom stereocenters. The highest BCUT2D eigenvalue weighted by Crippen LogP contribution is 2.33. The number of alkyl halides is 3. The summed E-state index contributed by atoms with van der Waals surface area (Å²) in [6.45, 7) is 9.47. The maximum Gasteiger partial charge on any atom is 0.416 e. The Morgan fingerprint density at radius 2 is 1.84 bits per heavy atom. The second-order valence-corrected chi connectivity index (χ2v) is 10.0. The Labute approximate surface area is 184 Å². The minimum atomic E-state index is -4.58. The molecule has 0 spiro atoms. The molecule has 0 fully saturated rings.